The van der Waals surface area contributed by atoms with Gasteiger partial charge in [-0.1, -0.05) is 18.2 Å². The van der Waals surface area contributed by atoms with E-state index in [1.807, 2.05) is 30.3 Å². The van der Waals surface area contributed by atoms with Gasteiger partial charge in [-0.25, -0.2) is 4.68 Å². The maximum Gasteiger partial charge on any atom is 0.299 e. The number of hydrogen-bond donors (Lipinski definition) is 0. The average Bonchev–Trinajstić information content (AvgIpc) is 3.27. The summed E-state index contributed by atoms with van der Waals surface area (Å²) in [7, 11) is 0. The molecular weight excluding hydrogens is 372 g/mol. The molecule has 1 aliphatic rings. The number of non-ortho nitro benzene ring substituents is 1. The number of aryl methyl sites for hydroxylation is 1. The lowest BCUT2D eigenvalue weighted by Gasteiger charge is -2.16. The number of nitrogens with zero attached hydrogens (tertiary/aromatic N) is 4. The molecule has 3 aromatic rings. The molecule has 8 nitrogen and oxygen atoms in total. The minimum atomic E-state index is -0.656. The summed E-state index contributed by atoms with van der Waals surface area (Å²) in [6, 6.07) is 13.7. The summed E-state index contributed by atoms with van der Waals surface area (Å²) >= 11 is 0. The van der Waals surface area contributed by atoms with Gasteiger partial charge in [0, 0.05) is 24.4 Å². The minimum absolute atomic E-state index is 0.0276. The molecule has 0 saturated carbocycles. The van der Waals surface area contributed by atoms with Crippen molar-refractivity contribution in [1.82, 2.24) is 9.78 Å². The Kier molecular flexibility index (Phi) is 4.46. The van der Waals surface area contributed by atoms with Crippen LogP contribution in [-0.2, 0) is 11.2 Å². The van der Waals surface area contributed by atoms with Crippen LogP contribution in [0.2, 0.25) is 0 Å². The second kappa shape index (κ2) is 6.97. The van der Waals surface area contributed by atoms with Gasteiger partial charge in [0.2, 0.25) is 0 Å². The standard InChI is InChI=1S/C21H18N4O4/c1-13-19(14(2)24(22-13)16-6-4-3-5-7-16)20(26)21(27)23-11-10-15-12-17(25(28)29)8-9-18(15)23/h3-9,12H,10-11H2,1-2H3. The van der Waals surface area contributed by atoms with Crippen LogP contribution in [0.1, 0.15) is 27.3 Å². The van der Waals surface area contributed by atoms with Gasteiger partial charge in [-0.05, 0) is 44.0 Å². The number of aromatic nitrogens is 2. The highest BCUT2D eigenvalue weighted by Gasteiger charge is 2.33. The predicted octanol–water partition coefficient (Wildman–Crippen LogP) is 3.17. The fourth-order valence-electron chi connectivity index (χ4n) is 3.73. The van der Waals surface area contributed by atoms with Crippen LogP contribution in [0.25, 0.3) is 5.69 Å². The van der Waals surface area contributed by atoms with E-state index >= 15 is 0 Å². The fourth-order valence-corrected chi connectivity index (χ4v) is 3.73. The molecule has 0 spiro atoms. The van der Waals surface area contributed by atoms with Gasteiger partial charge >= 0.3 is 0 Å². The van der Waals surface area contributed by atoms with Crippen molar-refractivity contribution in [3.05, 3.63) is 81.2 Å². The van der Waals surface area contributed by atoms with Gasteiger partial charge in [0.05, 0.1) is 27.6 Å². The lowest BCUT2D eigenvalue weighted by molar-refractivity contribution is -0.384. The summed E-state index contributed by atoms with van der Waals surface area (Å²) in [5, 5.41) is 15.4. The van der Waals surface area contributed by atoms with E-state index in [0.717, 1.165) is 5.69 Å². The van der Waals surface area contributed by atoms with Gasteiger partial charge in [0.1, 0.15) is 0 Å². The molecule has 146 valence electrons. The van der Waals surface area contributed by atoms with Crippen LogP contribution in [0.3, 0.4) is 0 Å². The van der Waals surface area contributed by atoms with Gasteiger partial charge in [-0.2, -0.15) is 5.10 Å². The number of amides is 1. The molecule has 0 bridgehead atoms. The van der Waals surface area contributed by atoms with E-state index in [2.05, 4.69) is 5.10 Å². The van der Waals surface area contributed by atoms with E-state index in [-0.39, 0.29) is 11.3 Å². The molecule has 1 aromatic heterocycles. The third-order valence-corrected chi connectivity index (χ3v) is 5.13. The number of anilines is 1. The lowest BCUT2D eigenvalue weighted by atomic mass is 10.1. The second-order valence-electron chi connectivity index (χ2n) is 6.90. The number of nitro groups is 1. The highest BCUT2D eigenvalue weighted by atomic mass is 16.6. The van der Waals surface area contributed by atoms with Crippen molar-refractivity contribution in [2.45, 2.75) is 20.3 Å². The number of fused-ring (bicyclic) bond motifs is 1. The zero-order valence-electron chi connectivity index (χ0n) is 16.0. The molecule has 4 rings (SSSR count). The van der Waals surface area contributed by atoms with E-state index < -0.39 is 16.6 Å². The average molecular weight is 390 g/mol. The van der Waals surface area contributed by atoms with Crippen LogP contribution in [-0.4, -0.2) is 32.9 Å². The van der Waals surface area contributed by atoms with Crippen molar-refractivity contribution in [1.29, 1.82) is 0 Å². The highest BCUT2D eigenvalue weighted by Crippen LogP contribution is 2.32. The monoisotopic (exact) mass is 390 g/mol. The van der Waals surface area contributed by atoms with E-state index in [1.165, 1.54) is 23.1 Å². The van der Waals surface area contributed by atoms with Gasteiger partial charge in [-0.15, -0.1) is 0 Å². The van der Waals surface area contributed by atoms with Crippen molar-refractivity contribution in [2.75, 3.05) is 11.4 Å². The van der Waals surface area contributed by atoms with Crippen molar-refractivity contribution in [3.63, 3.8) is 0 Å². The van der Waals surface area contributed by atoms with Gasteiger partial charge in [0.15, 0.2) is 0 Å². The molecule has 8 heteroatoms. The molecule has 0 aliphatic carbocycles. The van der Waals surface area contributed by atoms with Crippen molar-refractivity contribution in [3.8, 4) is 5.69 Å². The molecule has 2 heterocycles. The Hall–Kier alpha value is -3.81. The van der Waals surface area contributed by atoms with Crippen LogP contribution in [0.5, 0.6) is 0 Å². The molecule has 0 unspecified atom stereocenters. The molecule has 1 amide bonds. The Morgan fingerprint density at radius 3 is 2.52 bits per heavy atom. The van der Waals surface area contributed by atoms with Crippen LogP contribution in [0.15, 0.2) is 48.5 Å². The molecule has 29 heavy (non-hydrogen) atoms. The first kappa shape index (κ1) is 18.5. The van der Waals surface area contributed by atoms with Crippen LogP contribution >= 0.6 is 0 Å². The number of carbonyl (C=O) groups is 2. The normalized spacial score (nSPS) is 12.7. The summed E-state index contributed by atoms with van der Waals surface area (Å²) in [5.74, 6) is -1.29. The number of carbonyl (C=O) groups excluding carboxylic acids is 2. The minimum Gasteiger partial charge on any atom is -0.305 e. The number of hydrogen-bond acceptors (Lipinski definition) is 5. The Morgan fingerprint density at radius 2 is 1.83 bits per heavy atom. The smallest absolute Gasteiger partial charge is 0.299 e. The Balaban J connectivity index is 1.66. The number of ketones is 1. The lowest BCUT2D eigenvalue weighted by Crippen LogP contribution is -2.35. The van der Waals surface area contributed by atoms with Crippen molar-refractivity contribution < 1.29 is 14.5 Å². The molecule has 0 N–H and O–H groups in total. The summed E-state index contributed by atoms with van der Waals surface area (Å²) in [6.07, 6.45) is 0.470. The van der Waals surface area contributed by atoms with E-state index in [4.69, 9.17) is 0 Å². The molecular formula is C21H18N4O4. The van der Waals surface area contributed by atoms with Gasteiger partial charge < -0.3 is 4.90 Å². The first-order valence-corrected chi connectivity index (χ1v) is 9.13. The largest absolute Gasteiger partial charge is 0.305 e. The number of rotatable bonds is 4. The predicted molar refractivity (Wildman–Crippen MR) is 107 cm³/mol. The van der Waals surface area contributed by atoms with Crippen LogP contribution in [0.4, 0.5) is 11.4 Å². The van der Waals surface area contributed by atoms with Crippen LogP contribution < -0.4 is 4.90 Å². The highest BCUT2D eigenvalue weighted by molar-refractivity contribution is 6.47. The van der Waals surface area contributed by atoms with Crippen LogP contribution in [0, 0.1) is 24.0 Å². The topological polar surface area (TPSA) is 98.3 Å². The Labute approximate surface area is 166 Å². The second-order valence-corrected chi connectivity index (χ2v) is 6.90. The summed E-state index contributed by atoms with van der Waals surface area (Å²) in [5.41, 5.74) is 3.37. The number of Topliss-reactive ketones (excluding diaryl/α,β-unsaturated/α-hetero) is 1. The van der Waals surface area contributed by atoms with Crippen molar-refractivity contribution in [2.24, 2.45) is 0 Å². The Bertz CT molecular complexity index is 1150. The zero-order chi connectivity index (χ0) is 20.7. The van der Waals surface area contributed by atoms with E-state index in [9.17, 15) is 19.7 Å². The molecule has 0 radical (unpaired) electrons. The molecule has 0 fully saturated rings. The third kappa shape index (κ3) is 3.08. The molecule has 1 aliphatic heterocycles. The van der Waals surface area contributed by atoms with Gasteiger partial charge in [0.25, 0.3) is 17.4 Å². The van der Waals surface area contributed by atoms with E-state index in [1.54, 1.807) is 18.5 Å². The molecule has 0 atom stereocenters. The number of nitro benzene ring substituents is 1. The SMILES string of the molecule is Cc1nn(-c2ccccc2)c(C)c1C(=O)C(=O)N1CCc2cc([N+](=O)[O-])ccc21. The van der Waals surface area contributed by atoms with E-state index in [0.29, 0.717) is 35.6 Å². The first-order valence-electron chi connectivity index (χ1n) is 9.13. The quantitative estimate of drug-likeness (QED) is 0.295. The summed E-state index contributed by atoms with van der Waals surface area (Å²) in [6.45, 7) is 3.77. The number of benzene rings is 2. The zero-order valence-corrected chi connectivity index (χ0v) is 16.0. The maximum atomic E-state index is 13.1. The fraction of sp³-hybridized carbons (Fsp3) is 0.190. The molecule has 0 saturated heterocycles. The van der Waals surface area contributed by atoms with Gasteiger partial charge in [-0.3, -0.25) is 19.7 Å². The summed E-state index contributed by atoms with van der Waals surface area (Å²) < 4.78 is 1.65. The summed E-state index contributed by atoms with van der Waals surface area (Å²) in [4.78, 5) is 37.9. The number of para-hydroxylation sites is 1. The Morgan fingerprint density at radius 1 is 1.10 bits per heavy atom. The molecule has 2 aromatic carbocycles. The first-order chi connectivity index (χ1) is 13.9. The third-order valence-electron chi connectivity index (χ3n) is 5.13. The van der Waals surface area contributed by atoms with Crippen molar-refractivity contribution >= 4 is 23.1 Å². The maximum absolute atomic E-state index is 13.1.